The monoisotopic (exact) mass is 330 g/mol. The van der Waals surface area contributed by atoms with Gasteiger partial charge in [0.1, 0.15) is 17.8 Å². The number of nitrogens with one attached hydrogen (secondary N) is 1. The first-order valence-corrected chi connectivity index (χ1v) is 8.20. The van der Waals surface area contributed by atoms with Gasteiger partial charge in [-0.1, -0.05) is 23.7 Å². The van der Waals surface area contributed by atoms with Gasteiger partial charge >= 0.3 is 0 Å². The van der Waals surface area contributed by atoms with E-state index in [9.17, 15) is 4.79 Å². The fourth-order valence-corrected chi connectivity index (χ4v) is 2.91. The number of benzene rings is 1. The third-order valence-corrected chi connectivity index (χ3v) is 4.14. The molecule has 2 aromatic rings. The van der Waals surface area contributed by atoms with Crippen LogP contribution in [-0.2, 0) is 6.42 Å². The molecule has 0 atom stereocenters. The first-order chi connectivity index (χ1) is 11.2. The Bertz CT molecular complexity index is 686. The number of halogens is 1. The van der Waals surface area contributed by atoms with Crippen molar-refractivity contribution in [1.82, 2.24) is 15.3 Å². The quantitative estimate of drug-likeness (QED) is 0.915. The van der Waals surface area contributed by atoms with Crippen LogP contribution in [0.1, 0.15) is 28.9 Å². The number of aromatic nitrogens is 2. The molecule has 0 unspecified atom stereocenters. The Balaban J connectivity index is 1.56. The SMILES string of the molecule is O=C(NCCc1cccc(Cl)c1)c1cc(N2CCCC2)ncn1. The number of hydrogen-bond acceptors (Lipinski definition) is 4. The molecule has 5 nitrogen and oxygen atoms in total. The first-order valence-electron chi connectivity index (χ1n) is 7.82. The zero-order valence-corrected chi connectivity index (χ0v) is 13.6. The first kappa shape index (κ1) is 15.7. The number of amides is 1. The Morgan fingerprint density at radius 3 is 2.83 bits per heavy atom. The molecule has 1 aliphatic rings. The third kappa shape index (κ3) is 4.20. The van der Waals surface area contributed by atoms with Gasteiger partial charge in [0.25, 0.3) is 5.91 Å². The van der Waals surface area contributed by atoms with Crippen LogP contribution in [-0.4, -0.2) is 35.5 Å². The van der Waals surface area contributed by atoms with Crippen molar-refractivity contribution in [2.75, 3.05) is 24.5 Å². The second-order valence-corrected chi connectivity index (χ2v) is 6.03. The largest absolute Gasteiger partial charge is 0.357 e. The molecule has 0 saturated carbocycles. The summed E-state index contributed by atoms with van der Waals surface area (Å²) in [5, 5.41) is 3.60. The van der Waals surface area contributed by atoms with Crippen molar-refractivity contribution in [3.8, 4) is 0 Å². The number of rotatable bonds is 5. The van der Waals surface area contributed by atoms with E-state index in [2.05, 4.69) is 20.2 Å². The van der Waals surface area contributed by atoms with Crippen LogP contribution in [0.3, 0.4) is 0 Å². The van der Waals surface area contributed by atoms with E-state index in [0.717, 1.165) is 30.9 Å². The number of nitrogens with zero attached hydrogens (tertiary/aromatic N) is 3. The molecule has 23 heavy (non-hydrogen) atoms. The summed E-state index contributed by atoms with van der Waals surface area (Å²) in [7, 11) is 0. The summed E-state index contributed by atoms with van der Waals surface area (Å²) in [6.07, 6.45) is 4.53. The number of hydrogen-bond donors (Lipinski definition) is 1. The molecule has 1 aromatic heterocycles. The molecule has 0 radical (unpaired) electrons. The maximum Gasteiger partial charge on any atom is 0.270 e. The number of carbonyl (C=O) groups excluding carboxylic acids is 1. The van der Waals surface area contributed by atoms with E-state index in [1.54, 1.807) is 6.07 Å². The highest BCUT2D eigenvalue weighted by atomic mass is 35.5. The molecule has 0 spiro atoms. The molecular weight excluding hydrogens is 312 g/mol. The highest BCUT2D eigenvalue weighted by Crippen LogP contribution is 2.17. The highest BCUT2D eigenvalue weighted by molar-refractivity contribution is 6.30. The molecule has 1 aliphatic heterocycles. The smallest absolute Gasteiger partial charge is 0.270 e. The maximum absolute atomic E-state index is 12.2. The van der Waals surface area contributed by atoms with Crippen LogP contribution in [0, 0.1) is 0 Å². The fraction of sp³-hybridized carbons (Fsp3) is 0.353. The minimum absolute atomic E-state index is 0.171. The van der Waals surface area contributed by atoms with Crippen LogP contribution in [0.25, 0.3) is 0 Å². The molecule has 1 aromatic carbocycles. The topological polar surface area (TPSA) is 58.1 Å². The summed E-state index contributed by atoms with van der Waals surface area (Å²) in [6.45, 7) is 2.53. The lowest BCUT2D eigenvalue weighted by Gasteiger charge is -2.16. The van der Waals surface area contributed by atoms with E-state index in [0.29, 0.717) is 17.3 Å². The molecule has 1 amide bonds. The lowest BCUT2D eigenvalue weighted by Crippen LogP contribution is -2.27. The standard InChI is InChI=1S/C17H19ClN4O/c18-14-5-3-4-13(10-14)6-7-19-17(23)15-11-16(21-12-20-15)22-8-1-2-9-22/h3-5,10-12H,1-2,6-9H2,(H,19,23). The maximum atomic E-state index is 12.2. The molecule has 0 bridgehead atoms. The van der Waals surface area contributed by atoms with Crippen LogP contribution in [0.5, 0.6) is 0 Å². The summed E-state index contributed by atoms with van der Waals surface area (Å²) >= 11 is 5.95. The van der Waals surface area contributed by atoms with Gasteiger partial charge in [-0.2, -0.15) is 0 Å². The predicted octanol–water partition coefficient (Wildman–Crippen LogP) is 2.70. The molecule has 1 fully saturated rings. The summed E-state index contributed by atoms with van der Waals surface area (Å²) in [4.78, 5) is 22.7. The minimum atomic E-state index is -0.171. The summed E-state index contributed by atoms with van der Waals surface area (Å²) in [5.74, 6) is 0.660. The van der Waals surface area contributed by atoms with Gasteiger partial charge in [0.15, 0.2) is 0 Å². The van der Waals surface area contributed by atoms with Crippen LogP contribution < -0.4 is 10.2 Å². The van der Waals surface area contributed by atoms with E-state index in [4.69, 9.17) is 11.6 Å². The molecule has 3 rings (SSSR count). The Morgan fingerprint density at radius 1 is 1.22 bits per heavy atom. The Morgan fingerprint density at radius 2 is 2.04 bits per heavy atom. The normalized spacial score (nSPS) is 14.0. The van der Waals surface area contributed by atoms with Gasteiger partial charge in [0.2, 0.25) is 0 Å². The number of anilines is 1. The Labute approximate surface area is 140 Å². The van der Waals surface area contributed by atoms with E-state index in [-0.39, 0.29) is 5.91 Å². The van der Waals surface area contributed by atoms with Crippen molar-refractivity contribution in [2.24, 2.45) is 0 Å². The fourth-order valence-electron chi connectivity index (χ4n) is 2.69. The third-order valence-electron chi connectivity index (χ3n) is 3.90. The van der Waals surface area contributed by atoms with Crippen molar-refractivity contribution in [3.05, 3.63) is 52.9 Å². The van der Waals surface area contributed by atoms with Gasteiger partial charge in [-0.15, -0.1) is 0 Å². The van der Waals surface area contributed by atoms with Crippen molar-refractivity contribution >= 4 is 23.3 Å². The van der Waals surface area contributed by atoms with Gasteiger partial charge < -0.3 is 10.2 Å². The second kappa shape index (κ2) is 7.42. The lowest BCUT2D eigenvalue weighted by molar-refractivity contribution is 0.0949. The molecule has 2 heterocycles. The molecule has 0 aliphatic carbocycles. The van der Waals surface area contributed by atoms with Gasteiger partial charge in [-0.05, 0) is 37.0 Å². The van der Waals surface area contributed by atoms with Crippen LogP contribution >= 0.6 is 11.6 Å². The van der Waals surface area contributed by atoms with E-state index < -0.39 is 0 Å². The van der Waals surface area contributed by atoms with E-state index >= 15 is 0 Å². The van der Waals surface area contributed by atoms with E-state index in [1.165, 1.54) is 19.2 Å². The molecule has 1 N–H and O–H groups in total. The minimum Gasteiger partial charge on any atom is -0.357 e. The second-order valence-electron chi connectivity index (χ2n) is 5.59. The summed E-state index contributed by atoms with van der Waals surface area (Å²) in [6, 6.07) is 9.41. The van der Waals surface area contributed by atoms with Crippen molar-refractivity contribution in [3.63, 3.8) is 0 Å². The van der Waals surface area contributed by atoms with Gasteiger partial charge in [0, 0.05) is 30.7 Å². The Kier molecular flexibility index (Phi) is 5.08. The summed E-state index contributed by atoms with van der Waals surface area (Å²) < 4.78 is 0. The molecule has 1 saturated heterocycles. The van der Waals surface area contributed by atoms with E-state index in [1.807, 2.05) is 24.3 Å². The van der Waals surface area contributed by atoms with Gasteiger partial charge in [0.05, 0.1) is 0 Å². The zero-order chi connectivity index (χ0) is 16.1. The molecule has 120 valence electrons. The average Bonchev–Trinajstić information content (AvgIpc) is 3.09. The summed E-state index contributed by atoms with van der Waals surface area (Å²) in [5.41, 5.74) is 1.51. The van der Waals surface area contributed by atoms with Gasteiger partial charge in [-0.25, -0.2) is 9.97 Å². The Hall–Kier alpha value is -2.14. The van der Waals surface area contributed by atoms with Crippen molar-refractivity contribution in [1.29, 1.82) is 0 Å². The lowest BCUT2D eigenvalue weighted by atomic mass is 10.1. The average molecular weight is 331 g/mol. The number of carbonyl (C=O) groups is 1. The highest BCUT2D eigenvalue weighted by Gasteiger charge is 2.16. The van der Waals surface area contributed by atoms with Crippen LogP contribution in [0.4, 0.5) is 5.82 Å². The predicted molar refractivity (Wildman–Crippen MR) is 91.0 cm³/mol. The zero-order valence-electron chi connectivity index (χ0n) is 12.8. The van der Waals surface area contributed by atoms with Crippen LogP contribution in [0.15, 0.2) is 36.7 Å². The molecular formula is C17H19ClN4O. The van der Waals surface area contributed by atoms with Crippen LogP contribution in [0.2, 0.25) is 5.02 Å². The van der Waals surface area contributed by atoms with Gasteiger partial charge in [-0.3, -0.25) is 4.79 Å². The molecule has 6 heteroatoms. The van der Waals surface area contributed by atoms with Crippen molar-refractivity contribution < 1.29 is 4.79 Å². The van der Waals surface area contributed by atoms with Crippen molar-refractivity contribution in [2.45, 2.75) is 19.3 Å².